The fourth-order valence-electron chi connectivity index (χ4n) is 1.81. The molecule has 0 fully saturated rings. The highest BCUT2D eigenvalue weighted by Gasteiger charge is 2.14. The topological polar surface area (TPSA) is 26.3 Å². The zero-order valence-corrected chi connectivity index (χ0v) is 11.2. The predicted molar refractivity (Wildman–Crippen MR) is 72.1 cm³/mol. The first-order chi connectivity index (χ1) is 9.49. The molecule has 0 saturated heterocycles. The minimum absolute atomic E-state index is 0.296. The Bertz CT molecular complexity index is 651. The first-order valence-electron chi connectivity index (χ1n) is 6.16. The molecule has 0 unspecified atom stereocenters. The number of rotatable bonds is 4. The highest BCUT2D eigenvalue weighted by atomic mass is 19.1. The quantitative estimate of drug-likeness (QED) is 0.793. The van der Waals surface area contributed by atoms with Crippen molar-refractivity contribution in [3.63, 3.8) is 0 Å². The summed E-state index contributed by atoms with van der Waals surface area (Å²) >= 11 is 0. The molecule has 0 heterocycles. The van der Waals surface area contributed by atoms with Gasteiger partial charge in [-0.1, -0.05) is 12.1 Å². The number of hydrogen-bond donors (Lipinski definition) is 0. The molecule has 0 N–H and O–H groups in total. The van der Waals surface area contributed by atoms with Gasteiger partial charge in [-0.15, -0.1) is 0 Å². The van der Waals surface area contributed by atoms with E-state index >= 15 is 0 Å². The fourth-order valence-corrected chi connectivity index (χ4v) is 1.81. The molecule has 0 aliphatic carbocycles. The lowest BCUT2D eigenvalue weighted by atomic mass is 10.1. The number of hydrogen-bond acceptors (Lipinski definition) is 2. The lowest BCUT2D eigenvalue weighted by Gasteiger charge is -2.10. The summed E-state index contributed by atoms with van der Waals surface area (Å²) in [6.07, 6.45) is 0. The molecular formula is C16H14F2O2. The molecular weight excluding hydrogens is 262 g/mol. The molecule has 0 saturated carbocycles. The van der Waals surface area contributed by atoms with Crippen LogP contribution in [0.25, 0.3) is 0 Å². The summed E-state index contributed by atoms with van der Waals surface area (Å²) in [6, 6.07) is 8.25. The molecule has 0 aromatic heterocycles. The molecule has 4 heteroatoms. The van der Waals surface area contributed by atoms with Crippen molar-refractivity contribution in [2.75, 3.05) is 6.61 Å². The average Bonchev–Trinajstić information content (AvgIpc) is 2.43. The van der Waals surface area contributed by atoms with E-state index in [-0.39, 0.29) is 12.2 Å². The monoisotopic (exact) mass is 276 g/mol. The molecule has 2 aromatic carbocycles. The molecule has 2 rings (SSSR count). The minimum Gasteiger partial charge on any atom is -0.485 e. The van der Waals surface area contributed by atoms with Crippen LogP contribution in [0.1, 0.15) is 21.5 Å². The van der Waals surface area contributed by atoms with Gasteiger partial charge < -0.3 is 4.74 Å². The maximum Gasteiger partial charge on any atom is 0.203 e. The fraction of sp³-hybridized carbons (Fsp3) is 0.188. The zero-order chi connectivity index (χ0) is 14.7. The van der Waals surface area contributed by atoms with E-state index in [1.165, 1.54) is 0 Å². The van der Waals surface area contributed by atoms with E-state index in [1.807, 2.05) is 26.0 Å². The van der Waals surface area contributed by atoms with Crippen molar-refractivity contribution in [1.29, 1.82) is 0 Å². The van der Waals surface area contributed by atoms with Gasteiger partial charge >= 0.3 is 0 Å². The van der Waals surface area contributed by atoms with Crippen molar-refractivity contribution in [3.05, 3.63) is 64.7 Å². The van der Waals surface area contributed by atoms with Crippen LogP contribution in [0.3, 0.4) is 0 Å². The smallest absolute Gasteiger partial charge is 0.203 e. The van der Waals surface area contributed by atoms with Gasteiger partial charge in [-0.05, 0) is 49.2 Å². The van der Waals surface area contributed by atoms with Crippen molar-refractivity contribution >= 4 is 5.78 Å². The predicted octanol–water partition coefficient (Wildman–Crippen LogP) is 3.84. The SMILES string of the molecule is Cc1cccc(OCC(=O)c2cc(F)ccc2F)c1C. The van der Waals surface area contributed by atoms with Crippen LogP contribution in [0.5, 0.6) is 5.75 Å². The molecule has 2 aromatic rings. The first-order valence-corrected chi connectivity index (χ1v) is 6.16. The van der Waals surface area contributed by atoms with Crippen molar-refractivity contribution < 1.29 is 18.3 Å². The molecule has 0 aliphatic rings. The van der Waals surface area contributed by atoms with Gasteiger partial charge in [0.25, 0.3) is 0 Å². The first kappa shape index (κ1) is 14.2. The number of benzene rings is 2. The van der Waals surface area contributed by atoms with E-state index in [4.69, 9.17) is 4.74 Å². The van der Waals surface area contributed by atoms with E-state index in [0.717, 1.165) is 29.3 Å². The van der Waals surface area contributed by atoms with E-state index in [0.29, 0.717) is 5.75 Å². The third-order valence-electron chi connectivity index (χ3n) is 3.14. The Kier molecular flexibility index (Phi) is 4.13. The van der Waals surface area contributed by atoms with Crippen molar-refractivity contribution in [2.24, 2.45) is 0 Å². The molecule has 20 heavy (non-hydrogen) atoms. The van der Waals surface area contributed by atoms with Gasteiger partial charge in [-0.2, -0.15) is 0 Å². The lowest BCUT2D eigenvalue weighted by Crippen LogP contribution is -2.14. The zero-order valence-electron chi connectivity index (χ0n) is 11.2. The summed E-state index contributed by atoms with van der Waals surface area (Å²) in [7, 11) is 0. The van der Waals surface area contributed by atoms with Gasteiger partial charge in [0.1, 0.15) is 17.4 Å². The van der Waals surface area contributed by atoms with Gasteiger partial charge in [0, 0.05) is 0 Å². The summed E-state index contributed by atoms with van der Waals surface area (Å²) < 4.78 is 31.9. The molecule has 0 bridgehead atoms. The summed E-state index contributed by atoms with van der Waals surface area (Å²) in [5.41, 5.74) is 1.65. The number of ether oxygens (including phenoxy) is 1. The second kappa shape index (κ2) is 5.82. The van der Waals surface area contributed by atoms with Gasteiger partial charge in [0.2, 0.25) is 5.78 Å². The normalized spacial score (nSPS) is 10.4. The second-order valence-corrected chi connectivity index (χ2v) is 4.53. The maximum atomic E-state index is 13.4. The van der Waals surface area contributed by atoms with Gasteiger partial charge in [-0.3, -0.25) is 4.79 Å². The van der Waals surface area contributed by atoms with E-state index in [2.05, 4.69) is 0 Å². The lowest BCUT2D eigenvalue weighted by molar-refractivity contribution is 0.0916. The maximum absolute atomic E-state index is 13.4. The third-order valence-corrected chi connectivity index (χ3v) is 3.14. The van der Waals surface area contributed by atoms with Crippen molar-refractivity contribution in [2.45, 2.75) is 13.8 Å². The Morgan fingerprint density at radius 3 is 2.65 bits per heavy atom. The largest absolute Gasteiger partial charge is 0.485 e. The molecule has 104 valence electrons. The van der Waals surface area contributed by atoms with Gasteiger partial charge in [0.15, 0.2) is 6.61 Å². The van der Waals surface area contributed by atoms with Crippen molar-refractivity contribution in [3.8, 4) is 5.75 Å². The number of ketones is 1. The van der Waals surface area contributed by atoms with Crippen LogP contribution in [0.2, 0.25) is 0 Å². The Labute approximate surface area is 116 Å². The Morgan fingerprint density at radius 2 is 1.90 bits per heavy atom. The molecule has 0 amide bonds. The van der Waals surface area contributed by atoms with E-state index in [1.54, 1.807) is 6.07 Å². The van der Waals surface area contributed by atoms with Crippen molar-refractivity contribution in [1.82, 2.24) is 0 Å². The van der Waals surface area contributed by atoms with Crippen LogP contribution in [-0.2, 0) is 0 Å². The minimum atomic E-state index is -0.749. The molecule has 0 aliphatic heterocycles. The number of carbonyl (C=O) groups excluding carboxylic acids is 1. The molecule has 0 atom stereocenters. The van der Waals surface area contributed by atoms with E-state index < -0.39 is 17.4 Å². The number of carbonyl (C=O) groups is 1. The Hall–Kier alpha value is -2.23. The van der Waals surface area contributed by atoms with Crippen LogP contribution < -0.4 is 4.74 Å². The van der Waals surface area contributed by atoms with Crippen LogP contribution >= 0.6 is 0 Å². The summed E-state index contributed by atoms with van der Waals surface area (Å²) in [5.74, 6) is -1.43. The van der Waals surface area contributed by atoms with Gasteiger partial charge in [0.05, 0.1) is 5.56 Å². The van der Waals surface area contributed by atoms with Crippen LogP contribution in [0, 0.1) is 25.5 Å². The van der Waals surface area contributed by atoms with Gasteiger partial charge in [-0.25, -0.2) is 8.78 Å². The summed E-state index contributed by atoms with van der Waals surface area (Å²) in [5, 5.41) is 0. The molecule has 0 spiro atoms. The highest BCUT2D eigenvalue weighted by molar-refractivity contribution is 5.97. The second-order valence-electron chi connectivity index (χ2n) is 4.53. The number of halogens is 2. The Morgan fingerprint density at radius 1 is 1.15 bits per heavy atom. The average molecular weight is 276 g/mol. The highest BCUT2D eigenvalue weighted by Crippen LogP contribution is 2.21. The molecule has 2 nitrogen and oxygen atoms in total. The Balaban J connectivity index is 2.13. The summed E-state index contributed by atoms with van der Waals surface area (Å²) in [6.45, 7) is 3.47. The van der Waals surface area contributed by atoms with Crippen LogP contribution in [-0.4, -0.2) is 12.4 Å². The van der Waals surface area contributed by atoms with Crippen LogP contribution in [0.15, 0.2) is 36.4 Å². The van der Waals surface area contributed by atoms with E-state index in [9.17, 15) is 13.6 Å². The standard InChI is InChI=1S/C16H14F2O2/c1-10-4-3-5-16(11(10)2)20-9-15(19)13-8-12(17)6-7-14(13)18/h3-8H,9H2,1-2H3. The summed E-state index contributed by atoms with van der Waals surface area (Å²) in [4.78, 5) is 11.9. The van der Waals surface area contributed by atoms with Crippen LogP contribution in [0.4, 0.5) is 8.78 Å². The molecule has 0 radical (unpaired) electrons. The number of aryl methyl sites for hydroxylation is 1. The third kappa shape index (κ3) is 3.02. The number of Topliss-reactive ketones (excluding diaryl/α,β-unsaturated/α-hetero) is 1.